The zero-order valence-corrected chi connectivity index (χ0v) is 8.44. The fraction of sp³-hybridized carbons (Fsp3) is 0.455. The van der Waals surface area contributed by atoms with Crippen molar-refractivity contribution in [1.82, 2.24) is 14.5 Å². The normalized spacial score (nSPS) is 17.6. The van der Waals surface area contributed by atoms with Crippen LogP contribution in [0.4, 0.5) is 0 Å². The third kappa shape index (κ3) is 1.28. The van der Waals surface area contributed by atoms with Crippen LogP contribution in [0.25, 0.3) is 11.2 Å². The maximum Gasteiger partial charge on any atom is 0.327 e. The summed E-state index contributed by atoms with van der Waals surface area (Å²) in [4.78, 5) is 18.9. The molecule has 0 radical (unpaired) electrons. The predicted octanol–water partition coefficient (Wildman–Crippen LogP) is 1.84. The molecule has 0 bridgehead atoms. The summed E-state index contributed by atoms with van der Waals surface area (Å²) in [6, 6.07) is 4.09. The highest BCUT2D eigenvalue weighted by molar-refractivity contribution is 5.70. The lowest BCUT2D eigenvalue weighted by atomic mass is 10.2. The number of nitrogens with one attached hydrogen (secondary N) is 1. The highest BCUT2D eigenvalue weighted by Crippen LogP contribution is 2.29. The molecule has 0 saturated heterocycles. The number of pyridine rings is 1. The molecular weight excluding hydrogens is 190 g/mol. The van der Waals surface area contributed by atoms with Crippen molar-refractivity contribution in [2.45, 2.75) is 31.7 Å². The first-order valence-corrected chi connectivity index (χ1v) is 5.41. The summed E-state index contributed by atoms with van der Waals surface area (Å²) in [5.41, 5.74) is 1.62. The molecular formula is C11H13N3O. The summed E-state index contributed by atoms with van der Waals surface area (Å²) in [5.74, 6) is 0. The first kappa shape index (κ1) is 8.71. The molecule has 2 heterocycles. The van der Waals surface area contributed by atoms with Gasteiger partial charge in [-0.15, -0.1) is 0 Å². The van der Waals surface area contributed by atoms with E-state index in [1.54, 1.807) is 6.20 Å². The maximum atomic E-state index is 11.8. The Kier molecular flexibility index (Phi) is 1.87. The second kappa shape index (κ2) is 3.22. The summed E-state index contributed by atoms with van der Waals surface area (Å²) >= 11 is 0. The molecule has 1 saturated carbocycles. The van der Waals surface area contributed by atoms with Gasteiger partial charge in [-0.25, -0.2) is 9.78 Å². The second-order valence-electron chi connectivity index (χ2n) is 4.11. The highest BCUT2D eigenvalue weighted by atomic mass is 16.1. The Bertz CT molecular complexity index is 534. The second-order valence-corrected chi connectivity index (χ2v) is 4.11. The van der Waals surface area contributed by atoms with Crippen LogP contribution in [0.15, 0.2) is 23.1 Å². The SMILES string of the molecule is O=c1[nH]c2cccnc2n1C1CCCC1. The number of fused-ring (bicyclic) bond motifs is 1. The fourth-order valence-corrected chi connectivity index (χ4v) is 2.46. The molecule has 0 spiro atoms. The monoisotopic (exact) mass is 203 g/mol. The molecule has 0 amide bonds. The molecule has 4 heteroatoms. The molecule has 3 rings (SSSR count). The van der Waals surface area contributed by atoms with Crippen molar-refractivity contribution >= 4 is 11.2 Å². The van der Waals surface area contributed by atoms with Crippen LogP contribution in [0.3, 0.4) is 0 Å². The average molecular weight is 203 g/mol. The van der Waals surface area contributed by atoms with E-state index < -0.39 is 0 Å². The Balaban J connectivity index is 2.23. The van der Waals surface area contributed by atoms with Crippen molar-refractivity contribution in [3.05, 3.63) is 28.8 Å². The van der Waals surface area contributed by atoms with Crippen LogP contribution in [0, 0.1) is 0 Å². The Morgan fingerprint density at radius 3 is 3.00 bits per heavy atom. The zero-order valence-electron chi connectivity index (χ0n) is 8.44. The van der Waals surface area contributed by atoms with Crippen LogP contribution in [-0.4, -0.2) is 14.5 Å². The van der Waals surface area contributed by atoms with Gasteiger partial charge >= 0.3 is 5.69 Å². The molecule has 0 aromatic carbocycles. The largest absolute Gasteiger partial charge is 0.327 e. The number of H-pyrrole nitrogens is 1. The van der Waals surface area contributed by atoms with E-state index in [0.717, 1.165) is 24.0 Å². The van der Waals surface area contributed by atoms with Gasteiger partial charge < -0.3 is 4.98 Å². The standard InChI is InChI=1S/C11H13N3O/c15-11-13-9-6-3-7-12-10(9)14(11)8-4-1-2-5-8/h3,6-8H,1-2,4-5H2,(H,13,15). The Morgan fingerprint density at radius 1 is 1.40 bits per heavy atom. The van der Waals surface area contributed by atoms with Crippen molar-refractivity contribution in [2.75, 3.05) is 0 Å². The first-order chi connectivity index (χ1) is 7.36. The summed E-state index contributed by atoms with van der Waals surface area (Å²) in [6.45, 7) is 0. The van der Waals surface area contributed by atoms with E-state index in [1.807, 2.05) is 16.7 Å². The van der Waals surface area contributed by atoms with Crippen molar-refractivity contribution < 1.29 is 0 Å². The van der Waals surface area contributed by atoms with Crippen molar-refractivity contribution in [3.63, 3.8) is 0 Å². The highest BCUT2D eigenvalue weighted by Gasteiger charge is 2.21. The minimum atomic E-state index is -0.0180. The Hall–Kier alpha value is -1.58. The predicted molar refractivity (Wildman–Crippen MR) is 57.9 cm³/mol. The van der Waals surface area contributed by atoms with Gasteiger partial charge in [0.1, 0.15) is 0 Å². The van der Waals surface area contributed by atoms with E-state index >= 15 is 0 Å². The van der Waals surface area contributed by atoms with Gasteiger partial charge in [-0.2, -0.15) is 0 Å². The summed E-state index contributed by atoms with van der Waals surface area (Å²) in [5, 5.41) is 0. The number of rotatable bonds is 1. The molecule has 1 N–H and O–H groups in total. The molecule has 0 aliphatic heterocycles. The lowest BCUT2D eigenvalue weighted by Gasteiger charge is -2.09. The van der Waals surface area contributed by atoms with Gasteiger partial charge in [-0.1, -0.05) is 12.8 Å². The van der Waals surface area contributed by atoms with Crippen LogP contribution in [0.1, 0.15) is 31.7 Å². The van der Waals surface area contributed by atoms with E-state index in [9.17, 15) is 4.79 Å². The fourth-order valence-electron chi connectivity index (χ4n) is 2.46. The summed E-state index contributed by atoms with van der Waals surface area (Å²) < 4.78 is 1.82. The van der Waals surface area contributed by atoms with Crippen LogP contribution in [0.5, 0.6) is 0 Å². The van der Waals surface area contributed by atoms with Crippen molar-refractivity contribution in [1.29, 1.82) is 0 Å². The van der Waals surface area contributed by atoms with E-state index in [-0.39, 0.29) is 5.69 Å². The number of hydrogen-bond acceptors (Lipinski definition) is 2. The number of nitrogens with zero attached hydrogens (tertiary/aromatic N) is 2. The third-order valence-electron chi connectivity index (χ3n) is 3.17. The van der Waals surface area contributed by atoms with Gasteiger partial charge in [-0.3, -0.25) is 4.57 Å². The van der Waals surface area contributed by atoms with Crippen LogP contribution in [0.2, 0.25) is 0 Å². The number of hydrogen-bond donors (Lipinski definition) is 1. The molecule has 1 aliphatic rings. The minimum Gasteiger partial charge on any atom is -0.304 e. The van der Waals surface area contributed by atoms with Crippen molar-refractivity contribution in [3.8, 4) is 0 Å². The third-order valence-corrected chi connectivity index (χ3v) is 3.17. The van der Waals surface area contributed by atoms with Crippen LogP contribution >= 0.6 is 0 Å². The topological polar surface area (TPSA) is 50.7 Å². The Labute approximate surface area is 87.0 Å². The molecule has 0 atom stereocenters. The van der Waals surface area contributed by atoms with Crippen LogP contribution < -0.4 is 5.69 Å². The molecule has 4 nitrogen and oxygen atoms in total. The molecule has 15 heavy (non-hydrogen) atoms. The van der Waals surface area contributed by atoms with Gasteiger partial charge in [0.05, 0.1) is 5.52 Å². The Morgan fingerprint density at radius 2 is 2.20 bits per heavy atom. The number of aromatic amines is 1. The number of imidazole rings is 1. The van der Waals surface area contributed by atoms with Gasteiger partial charge in [0, 0.05) is 12.2 Å². The van der Waals surface area contributed by atoms with Crippen LogP contribution in [-0.2, 0) is 0 Å². The smallest absolute Gasteiger partial charge is 0.304 e. The first-order valence-electron chi connectivity index (χ1n) is 5.41. The maximum absolute atomic E-state index is 11.8. The van der Waals surface area contributed by atoms with E-state index in [1.165, 1.54) is 12.8 Å². The van der Waals surface area contributed by atoms with Gasteiger partial charge in [0.25, 0.3) is 0 Å². The van der Waals surface area contributed by atoms with Gasteiger partial charge in [0.15, 0.2) is 5.65 Å². The zero-order chi connectivity index (χ0) is 10.3. The van der Waals surface area contributed by atoms with E-state index in [0.29, 0.717) is 6.04 Å². The number of aromatic nitrogens is 3. The minimum absolute atomic E-state index is 0.0180. The van der Waals surface area contributed by atoms with Gasteiger partial charge in [-0.05, 0) is 25.0 Å². The molecule has 1 fully saturated rings. The molecule has 2 aromatic heterocycles. The molecule has 78 valence electrons. The summed E-state index contributed by atoms with van der Waals surface area (Å²) in [6.07, 6.45) is 6.38. The summed E-state index contributed by atoms with van der Waals surface area (Å²) in [7, 11) is 0. The molecule has 0 unspecified atom stereocenters. The quantitative estimate of drug-likeness (QED) is 0.768. The lowest BCUT2D eigenvalue weighted by Crippen LogP contribution is -2.20. The van der Waals surface area contributed by atoms with E-state index in [2.05, 4.69) is 9.97 Å². The van der Waals surface area contributed by atoms with E-state index in [4.69, 9.17) is 0 Å². The molecule has 1 aliphatic carbocycles. The van der Waals surface area contributed by atoms with Gasteiger partial charge in [0.2, 0.25) is 0 Å². The van der Waals surface area contributed by atoms with Crippen molar-refractivity contribution in [2.24, 2.45) is 0 Å². The molecule has 2 aromatic rings. The average Bonchev–Trinajstić information content (AvgIpc) is 2.82. The lowest BCUT2D eigenvalue weighted by molar-refractivity contribution is 0.515.